The van der Waals surface area contributed by atoms with Crippen LogP contribution in [0.4, 0.5) is 5.69 Å². The summed E-state index contributed by atoms with van der Waals surface area (Å²) in [6.07, 6.45) is 1.13. The maximum absolute atomic E-state index is 12.4. The van der Waals surface area contributed by atoms with Gasteiger partial charge in [-0.05, 0) is 35.9 Å². The minimum Gasteiger partial charge on any atom is -0.327 e. The molecule has 0 saturated carbocycles. The van der Waals surface area contributed by atoms with Crippen LogP contribution in [0.3, 0.4) is 0 Å². The zero-order valence-corrected chi connectivity index (χ0v) is 15.8. The van der Waals surface area contributed by atoms with Gasteiger partial charge in [0, 0.05) is 33.8 Å². The molecular weight excluding hydrogens is 356 g/mol. The first-order valence-corrected chi connectivity index (χ1v) is 9.61. The molecule has 0 spiro atoms. The summed E-state index contributed by atoms with van der Waals surface area (Å²) in [7, 11) is 0. The Bertz CT molecular complexity index is 953. The third-order valence-corrected chi connectivity index (χ3v) is 5.29. The van der Waals surface area contributed by atoms with Gasteiger partial charge in [0.05, 0.1) is 6.54 Å². The number of amides is 1. The number of nitrogens with one attached hydrogen (secondary N) is 2. The molecule has 3 aromatic rings. The second-order valence-corrected chi connectivity index (χ2v) is 7.47. The summed E-state index contributed by atoms with van der Waals surface area (Å²) in [5.74, 6) is -0.122. The Labute approximate surface area is 164 Å². The largest absolute Gasteiger partial charge is 0.327 e. The number of hydrogen-bond acceptors (Lipinski definition) is 1. The van der Waals surface area contributed by atoms with Gasteiger partial charge < -0.3 is 10.2 Å². The first kappa shape index (κ1) is 17.8. The number of fused-ring (bicyclic) bond motifs is 1. The molecule has 27 heavy (non-hydrogen) atoms. The molecule has 4 rings (SSSR count). The summed E-state index contributed by atoms with van der Waals surface area (Å²) in [5, 5.41) is 3.49. The average molecular weight is 378 g/mol. The first-order valence-electron chi connectivity index (χ1n) is 9.23. The maximum atomic E-state index is 12.4. The highest BCUT2D eigenvalue weighted by molar-refractivity contribution is 6.30. The smallest absolute Gasteiger partial charge is 0.255 e. The number of rotatable bonds is 4. The topological polar surface area (TPSA) is 33.5 Å². The summed E-state index contributed by atoms with van der Waals surface area (Å²) in [5.41, 5.74) is 5.54. The Morgan fingerprint density at radius 1 is 0.963 bits per heavy atom. The molecule has 1 aliphatic rings. The van der Waals surface area contributed by atoms with Gasteiger partial charge in [-0.25, -0.2) is 0 Å². The molecule has 0 aliphatic carbocycles. The predicted molar refractivity (Wildman–Crippen MR) is 109 cm³/mol. The molecule has 4 heteroatoms. The average Bonchev–Trinajstić information content (AvgIpc) is 2.68. The lowest BCUT2D eigenvalue weighted by Gasteiger charge is -2.26. The minimum atomic E-state index is -0.122. The number of quaternary nitrogens is 1. The van der Waals surface area contributed by atoms with Crippen molar-refractivity contribution in [1.29, 1.82) is 0 Å². The van der Waals surface area contributed by atoms with E-state index in [1.54, 1.807) is 17.0 Å². The van der Waals surface area contributed by atoms with E-state index in [0.29, 0.717) is 16.3 Å². The molecule has 1 unspecified atom stereocenters. The number of carbonyl (C=O) groups excluding carboxylic acids is 1. The lowest BCUT2D eigenvalue weighted by molar-refractivity contribution is -0.929. The quantitative estimate of drug-likeness (QED) is 0.713. The van der Waals surface area contributed by atoms with Crippen LogP contribution in [0.25, 0.3) is 0 Å². The van der Waals surface area contributed by atoms with Crippen molar-refractivity contribution in [2.45, 2.75) is 19.5 Å². The Balaban J connectivity index is 1.38. The summed E-state index contributed by atoms with van der Waals surface area (Å²) < 4.78 is 0. The molecule has 136 valence electrons. The predicted octanol–water partition coefficient (Wildman–Crippen LogP) is 3.73. The van der Waals surface area contributed by atoms with Gasteiger partial charge in [0.1, 0.15) is 13.1 Å². The third-order valence-electron chi connectivity index (χ3n) is 5.06. The lowest BCUT2D eigenvalue weighted by Crippen LogP contribution is -3.10. The van der Waals surface area contributed by atoms with Crippen molar-refractivity contribution in [2.75, 3.05) is 11.9 Å². The summed E-state index contributed by atoms with van der Waals surface area (Å²) in [6, 6.07) is 23.8. The normalized spacial score (nSPS) is 15.8. The third kappa shape index (κ3) is 4.38. The van der Waals surface area contributed by atoms with Gasteiger partial charge in [-0.1, -0.05) is 54.1 Å². The molecule has 1 heterocycles. The zero-order valence-electron chi connectivity index (χ0n) is 15.0. The van der Waals surface area contributed by atoms with Gasteiger partial charge in [-0.2, -0.15) is 0 Å². The van der Waals surface area contributed by atoms with Crippen LogP contribution in [0.1, 0.15) is 27.0 Å². The van der Waals surface area contributed by atoms with E-state index in [-0.39, 0.29) is 5.91 Å². The Kier molecular flexibility index (Phi) is 5.23. The molecule has 1 amide bonds. The fourth-order valence-corrected chi connectivity index (χ4v) is 3.82. The second-order valence-electron chi connectivity index (χ2n) is 7.03. The number of hydrogen-bond donors (Lipinski definition) is 2. The van der Waals surface area contributed by atoms with Gasteiger partial charge in [-0.3, -0.25) is 4.79 Å². The number of carbonyl (C=O) groups is 1. The molecule has 0 aromatic heterocycles. The van der Waals surface area contributed by atoms with Crippen molar-refractivity contribution >= 4 is 23.2 Å². The van der Waals surface area contributed by atoms with Crippen molar-refractivity contribution in [3.63, 3.8) is 0 Å². The highest BCUT2D eigenvalue weighted by Gasteiger charge is 2.19. The number of anilines is 1. The number of benzene rings is 3. The van der Waals surface area contributed by atoms with Crippen molar-refractivity contribution < 1.29 is 9.69 Å². The summed E-state index contributed by atoms with van der Waals surface area (Å²) in [6.45, 7) is 3.19. The number of halogens is 1. The zero-order chi connectivity index (χ0) is 18.6. The van der Waals surface area contributed by atoms with E-state index in [1.165, 1.54) is 16.7 Å². The van der Waals surface area contributed by atoms with Crippen LogP contribution in [0.2, 0.25) is 5.02 Å². The Morgan fingerprint density at radius 3 is 2.52 bits per heavy atom. The van der Waals surface area contributed by atoms with E-state index in [2.05, 4.69) is 41.7 Å². The molecule has 2 N–H and O–H groups in total. The first-order chi connectivity index (χ1) is 13.2. The van der Waals surface area contributed by atoms with Crippen molar-refractivity contribution in [2.24, 2.45) is 0 Å². The molecule has 0 saturated heterocycles. The lowest BCUT2D eigenvalue weighted by atomic mass is 9.99. The van der Waals surface area contributed by atoms with Crippen LogP contribution < -0.4 is 10.2 Å². The Morgan fingerprint density at radius 2 is 1.74 bits per heavy atom. The van der Waals surface area contributed by atoms with Crippen molar-refractivity contribution in [3.05, 3.63) is 100 Å². The maximum Gasteiger partial charge on any atom is 0.255 e. The van der Waals surface area contributed by atoms with Gasteiger partial charge in [0.2, 0.25) is 0 Å². The van der Waals surface area contributed by atoms with E-state index in [1.807, 2.05) is 24.3 Å². The van der Waals surface area contributed by atoms with Crippen LogP contribution in [-0.2, 0) is 19.5 Å². The fraction of sp³-hybridized carbons (Fsp3) is 0.174. The SMILES string of the molecule is O=C(Nc1cccc(Cl)c1)c1ccc(C[NH+]2CCc3ccccc3C2)cc1. The van der Waals surface area contributed by atoms with Crippen LogP contribution in [-0.4, -0.2) is 12.5 Å². The molecule has 0 bridgehead atoms. The highest BCUT2D eigenvalue weighted by atomic mass is 35.5. The van der Waals surface area contributed by atoms with E-state index in [9.17, 15) is 4.79 Å². The minimum absolute atomic E-state index is 0.122. The molecule has 3 aromatic carbocycles. The van der Waals surface area contributed by atoms with Crippen molar-refractivity contribution in [1.82, 2.24) is 0 Å². The van der Waals surface area contributed by atoms with Gasteiger partial charge >= 0.3 is 0 Å². The molecule has 1 atom stereocenters. The van der Waals surface area contributed by atoms with E-state index >= 15 is 0 Å². The van der Waals surface area contributed by atoms with Crippen LogP contribution in [0, 0.1) is 0 Å². The monoisotopic (exact) mass is 377 g/mol. The van der Waals surface area contributed by atoms with E-state index in [0.717, 1.165) is 26.1 Å². The van der Waals surface area contributed by atoms with Crippen LogP contribution >= 0.6 is 11.6 Å². The van der Waals surface area contributed by atoms with Gasteiger partial charge in [0.15, 0.2) is 0 Å². The molecule has 0 radical (unpaired) electrons. The molecule has 3 nitrogen and oxygen atoms in total. The highest BCUT2D eigenvalue weighted by Crippen LogP contribution is 2.16. The van der Waals surface area contributed by atoms with Crippen LogP contribution in [0.5, 0.6) is 0 Å². The van der Waals surface area contributed by atoms with E-state index < -0.39 is 0 Å². The summed E-state index contributed by atoms with van der Waals surface area (Å²) in [4.78, 5) is 14.0. The Hall–Kier alpha value is -2.62. The standard InChI is InChI=1S/C23H21ClN2O/c24-21-6-3-7-22(14-21)25-23(27)19-10-8-17(9-11-19)15-26-13-12-18-4-1-2-5-20(18)16-26/h1-11,14H,12-13,15-16H2,(H,25,27)/p+1. The fourth-order valence-electron chi connectivity index (χ4n) is 3.63. The summed E-state index contributed by atoms with van der Waals surface area (Å²) >= 11 is 5.97. The van der Waals surface area contributed by atoms with Gasteiger partial charge in [-0.15, -0.1) is 0 Å². The van der Waals surface area contributed by atoms with Crippen molar-refractivity contribution in [3.8, 4) is 0 Å². The molecule has 1 aliphatic heterocycles. The second kappa shape index (κ2) is 7.95. The molecule has 0 fully saturated rings. The van der Waals surface area contributed by atoms with Gasteiger partial charge in [0.25, 0.3) is 5.91 Å². The van der Waals surface area contributed by atoms with E-state index in [4.69, 9.17) is 11.6 Å². The van der Waals surface area contributed by atoms with Crippen LogP contribution in [0.15, 0.2) is 72.8 Å². The molecular formula is C23H22ClN2O+.